The lowest BCUT2D eigenvalue weighted by Gasteiger charge is -2.27. The molecule has 2 saturated heterocycles. The number of aliphatic hydroxyl groups is 1. The van der Waals surface area contributed by atoms with E-state index in [0.717, 1.165) is 39.4 Å². The third-order valence-electron chi connectivity index (χ3n) is 9.44. The fourth-order valence-corrected chi connectivity index (χ4v) is 7.66. The largest absolute Gasteiger partial charge is 0.481 e. The van der Waals surface area contributed by atoms with Crippen LogP contribution in [-0.4, -0.2) is 73.2 Å². The van der Waals surface area contributed by atoms with Crippen LogP contribution in [0, 0.1) is 18.8 Å². The zero-order valence-corrected chi connectivity index (χ0v) is 26.6. The second-order valence-electron chi connectivity index (χ2n) is 12.2. The predicted octanol–water partition coefficient (Wildman–Crippen LogP) is 3.03. The molecule has 0 bridgehead atoms. The van der Waals surface area contributed by atoms with Gasteiger partial charge in [-0.3, -0.25) is 19.2 Å². The van der Waals surface area contributed by atoms with Crippen LogP contribution < -0.4 is 16.0 Å². The average molecular weight is 637 g/mol. The Kier molecular flexibility index (Phi) is 9.18. The van der Waals surface area contributed by atoms with Crippen LogP contribution in [0.5, 0.6) is 0 Å². The zero-order chi connectivity index (χ0) is 32.7. The lowest BCUT2D eigenvalue weighted by Crippen LogP contribution is -2.49. The summed E-state index contributed by atoms with van der Waals surface area (Å²) in [6, 6.07) is -1.27. The summed E-state index contributed by atoms with van der Waals surface area (Å²) in [4.78, 5) is 51.6. The molecule has 0 aromatic carbocycles. The Labute approximate surface area is 266 Å². The summed E-state index contributed by atoms with van der Waals surface area (Å²) < 4.78 is 0. The molecule has 12 heteroatoms. The summed E-state index contributed by atoms with van der Waals surface area (Å²) in [5.74, 6) is -1.27. The van der Waals surface area contributed by atoms with Gasteiger partial charge < -0.3 is 36.3 Å². The highest BCUT2D eigenvalue weighted by atomic mass is 32.2. The third-order valence-corrected chi connectivity index (χ3v) is 10.5. The van der Waals surface area contributed by atoms with Crippen molar-refractivity contribution in [1.82, 2.24) is 20.9 Å². The van der Waals surface area contributed by atoms with Crippen LogP contribution in [0.4, 0.5) is 0 Å². The molecule has 5 rings (SSSR count). The maximum atomic E-state index is 12.6. The number of aromatic amines is 1. The van der Waals surface area contributed by atoms with Crippen molar-refractivity contribution in [3.63, 3.8) is 0 Å². The number of allylic oxidation sites excluding steroid dienone is 2. The maximum Gasteiger partial charge on any atom is 0.303 e. The van der Waals surface area contributed by atoms with Crippen molar-refractivity contribution in [3.8, 4) is 0 Å². The summed E-state index contributed by atoms with van der Waals surface area (Å²) in [6.45, 7) is 11.2. The fourth-order valence-electron chi connectivity index (χ4n) is 6.75. The van der Waals surface area contributed by atoms with Crippen LogP contribution in [0.2, 0.25) is 0 Å². The Bertz CT molecular complexity index is 1600. The van der Waals surface area contributed by atoms with Crippen molar-refractivity contribution in [2.45, 2.75) is 76.8 Å². The van der Waals surface area contributed by atoms with Gasteiger partial charge in [-0.15, -0.1) is 0 Å². The number of aromatic nitrogens is 1. The quantitative estimate of drug-likeness (QED) is 0.170. The SMILES string of the molecule is C=CC1=C(C)[C@@H]([C@H](O)C2N/C(=C\c3[nH]c(/C=C4\NC(=O)[C@H](C)[C@H]4[C@H]4CS4)c(C)c3CCC(=O)O)C(CCC(=O)O)=C2C)NC1=O. The fraction of sp³-hybridized carbons (Fsp3) is 0.455. The Hall–Kier alpha value is -4.03. The van der Waals surface area contributed by atoms with Crippen molar-refractivity contribution in [2.24, 2.45) is 11.8 Å². The lowest BCUT2D eigenvalue weighted by atomic mass is 9.91. The van der Waals surface area contributed by atoms with Gasteiger partial charge in [0.15, 0.2) is 0 Å². The Morgan fingerprint density at radius 1 is 1.00 bits per heavy atom. The molecule has 4 aliphatic heterocycles. The molecule has 4 aliphatic rings. The summed E-state index contributed by atoms with van der Waals surface area (Å²) >= 11 is 1.83. The van der Waals surface area contributed by atoms with E-state index in [2.05, 4.69) is 27.5 Å². The first-order valence-electron chi connectivity index (χ1n) is 15.1. The minimum Gasteiger partial charge on any atom is -0.481 e. The molecule has 0 aliphatic carbocycles. The summed E-state index contributed by atoms with van der Waals surface area (Å²) in [5.41, 5.74) is 7.12. The highest BCUT2D eigenvalue weighted by molar-refractivity contribution is 8.06. The van der Waals surface area contributed by atoms with Crippen LogP contribution in [0.25, 0.3) is 12.2 Å². The Morgan fingerprint density at radius 2 is 1.64 bits per heavy atom. The molecule has 0 spiro atoms. The van der Waals surface area contributed by atoms with Gasteiger partial charge in [0.25, 0.3) is 5.91 Å². The molecule has 1 aromatic rings. The highest BCUT2D eigenvalue weighted by Gasteiger charge is 2.45. The molecule has 45 heavy (non-hydrogen) atoms. The number of aliphatic carboxylic acids is 2. The number of nitrogens with one attached hydrogen (secondary N) is 4. The number of carboxylic acid groups (broad SMARTS) is 2. The third kappa shape index (κ3) is 6.39. The number of thioether (sulfide) groups is 1. The summed E-state index contributed by atoms with van der Waals surface area (Å²) in [6.07, 6.45) is 4.45. The molecule has 2 amide bonds. The van der Waals surface area contributed by atoms with Gasteiger partial charge in [-0.1, -0.05) is 19.6 Å². The van der Waals surface area contributed by atoms with E-state index in [0.29, 0.717) is 27.8 Å². The summed E-state index contributed by atoms with van der Waals surface area (Å²) in [5, 5.41) is 40.1. The maximum absolute atomic E-state index is 12.6. The molecule has 5 heterocycles. The topological polar surface area (TPSA) is 181 Å². The monoisotopic (exact) mass is 636 g/mol. The van der Waals surface area contributed by atoms with E-state index in [1.54, 1.807) is 6.92 Å². The van der Waals surface area contributed by atoms with Crippen LogP contribution in [0.1, 0.15) is 62.5 Å². The normalized spacial score (nSPS) is 28.5. The number of amides is 2. The zero-order valence-electron chi connectivity index (χ0n) is 25.8. The molecule has 7 N–H and O–H groups in total. The molecule has 0 radical (unpaired) electrons. The van der Waals surface area contributed by atoms with Gasteiger partial charge in [0.1, 0.15) is 6.10 Å². The first kappa shape index (κ1) is 32.4. The van der Waals surface area contributed by atoms with E-state index in [9.17, 15) is 34.5 Å². The number of hydrogen-bond donors (Lipinski definition) is 7. The standard InChI is InChI=1S/C33H40N4O7S/c1-6-18-15(3)30(37-33(18)44)31(42)29-16(4)20(8-10-27(40)41)23(35-29)12-22-19(7-9-26(38)39)14(2)21(34-22)11-24-28(25-13-45-25)17(5)32(43)36-24/h6,11-12,17,25,28-31,34-35,42H,1,7-10,13H2,2-5H3,(H,36,43)(H,37,44)(H,38,39)(H,40,41)/b23-12-,24-11-/t17-,25-,28-,29?,30+,31-/m1/s1. The van der Waals surface area contributed by atoms with E-state index < -0.39 is 30.1 Å². The number of carboxylic acids is 2. The van der Waals surface area contributed by atoms with E-state index >= 15 is 0 Å². The Balaban J connectivity index is 1.54. The highest BCUT2D eigenvalue weighted by Crippen LogP contribution is 2.46. The van der Waals surface area contributed by atoms with Gasteiger partial charge in [-0.2, -0.15) is 11.8 Å². The first-order chi connectivity index (χ1) is 21.3. The molecule has 1 unspecified atom stereocenters. The van der Waals surface area contributed by atoms with Crippen molar-refractivity contribution in [2.75, 3.05) is 5.75 Å². The Morgan fingerprint density at radius 3 is 2.24 bits per heavy atom. The van der Waals surface area contributed by atoms with Gasteiger partial charge in [-0.25, -0.2) is 0 Å². The smallest absolute Gasteiger partial charge is 0.303 e. The molecule has 2 fully saturated rings. The van der Waals surface area contributed by atoms with Gasteiger partial charge in [0.2, 0.25) is 5.91 Å². The summed E-state index contributed by atoms with van der Waals surface area (Å²) in [7, 11) is 0. The van der Waals surface area contributed by atoms with E-state index in [1.807, 2.05) is 44.7 Å². The van der Waals surface area contributed by atoms with Gasteiger partial charge >= 0.3 is 11.9 Å². The van der Waals surface area contributed by atoms with Crippen LogP contribution in [-0.2, 0) is 25.6 Å². The molecule has 240 valence electrons. The van der Waals surface area contributed by atoms with Crippen LogP contribution in [0.15, 0.2) is 46.3 Å². The number of H-pyrrole nitrogens is 1. The van der Waals surface area contributed by atoms with Crippen molar-refractivity contribution in [1.29, 1.82) is 0 Å². The molecular weight excluding hydrogens is 596 g/mol. The van der Waals surface area contributed by atoms with E-state index in [4.69, 9.17) is 0 Å². The average Bonchev–Trinajstić information content (AvgIpc) is 3.53. The van der Waals surface area contributed by atoms with Gasteiger partial charge in [0, 0.05) is 64.0 Å². The van der Waals surface area contributed by atoms with E-state index in [-0.39, 0.29) is 49.3 Å². The molecule has 11 nitrogen and oxygen atoms in total. The second kappa shape index (κ2) is 12.8. The van der Waals surface area contributed by atoms with Gasteiger partial charge in [0.05, 0.1) is 12.1 Å². The molecule has 0 saturated carbocycles. The van der Waals surface area contributed by atoms with Crippen LogP contribution >= 0.6 is 11.8 Å². The molecule has 1 aromatic heterocycles. The minimum absolute atomic E-state index is 0.0106. The number of aliphatic hydroxyl groups excluding tert-OH is 1. The minimum atomic E-state index is -1.06. The van der Waals surface area contributed by atoms with Crippen molar-refractivity contribution in [3.05, 3.63) is 68.9 Å². The van der Waals surface area contributed by atoms with Gasteiger partial charge in [-0.05, 0) is 73.6 Å². The first-order valence-corrected chi connectivity index (χ1v) is 16.2. The number of hydrogen-bond acceptors (Lipinski definition) is 7. The number of carbonyl (C=O) groups excluding carboxylic acids is 2. The van der Waals surface area contributed by atoms with Crippen molar-refractivity contribution >= 4 is 47.7 Å². The number of carbonyl (C=O) groups is 4. The molecular formula is C33H40N4O7S. The van der Waals surface area contributed by atoms with Crippen LogP contribution in [0.3, 0.4) is 0 Å². The van der Waals surface area contributed by atoms with Crippen molar-refractivity contribution < 1.29 is 34.5 Å². The molecule has 6 atom stereocenters. The lowest BCUT2D eigenvalue weighted by molar-refractivity contribution is -0.138. The number of rotatable bonds is 12. The second-order valence-corrected chi connectivity index (χ2v) is 13.5. The van der Waals surface area contributed by atoms with E-state index in [1.165, 1.54) is 6.08 Å². The predicted molar refractivity (Wildman–Crippen MR) is 172 cm³/mol.